The molecule has 1 aromatic heterocycles. The summed E-state index contributed by atoms with van der Waals surface area (Å²) in [6, 6.07) is 1.23. The van der Waals surface area contributed by atoms with Gasteiger partial charge in [0.05, 0.1) is 17.2 Å². The first-order chi connectivity index (χ1) is 8.02. The van der Waals surface area contributed by atoms with Crippen molar-refractivity contribution in [3.63, 3.8) is 0 Å². The van der Waals surface area contributed by atoms with Gasteiger partial charge in [-0.1, -0.05) is 0 Å². The van der Waals surface area contributed by atoms with E-state index >= 15 is 0 Å². The van der Waals surface area contributed by atoms with E-state index in [4.69, 9.17) is 0 Å². The molecule has 0 aromatic carbocycles. The summed E-state index contributed by atoms with van der Waals surface area (Å²) in [5.74, 6) is -0.633. The van der Waals surface area contributed by atoms with Crippen LogP contribution in [0.5, 0.6) is 0 Å². The summed E-state index contributed by atoms with van der Waals surface area (Å²) in [5.41, 5.74) is 0.734. The average molecular weight is 234 g/mol. The first kappa shape index (κ1) is 11.7. The largest absolute Gasteiger partial charge is 0.393 e. The number of hydrogen-bond donors (Lipinski definition) is 1. The SMILES string of the molecule is CC(O)CC(C)N1C(=O)c2ccncc2C1=O. The number of rotatable bonds is 3. The molecule has 0 aliphatic carbocycles. The molecule has 2 amide bonds. The molecule has 0 fully saturated rings. The molecule has 90 valence electrons. The number of aliphatic hydroxyl groups is 1. The normalized spacial score (nSPS) is 18.2. The van der Waals surface area contributed by atoms with Crippen molar-refractivity contribution in [2.45, 2.75) is 32.4 Å². The van der Waals surface area contributed by atoms with Gasteiger partial charge in [0.2, 0.25) is 0 Å². The summed E-state index contributed by atoms with van der Waals surface area (Å²) < 4.78 is 0. The van der Waals surface area contributed by atoms with Crippen LogP contribution in [-0.4, -0.2) is 39.0 Å². The highest BCUT2D eigenvalue weighted by molar-refractivity contribution is 6.21. The molecule has 1 N–H and O–H groups in total. The lowest BCUT2D eigenvalue weighted by Gasteiger charge is -2.23. The number of aromatic nitrogens is 1. The number of nitrogens with zero attached hydrogens (tertiary/aromatic N) is 2. The monoisotopic (exact) mass is 234 g/mol. The minimum absolute atomic E-state index is 0.305. The van der Waals surface area contributed by atoms with Crippen molar-refractivity contribution in [3.8, 4) is 0 Å². The fourth-order valence-electron chi connectivity index (χ4n) is 2.10. The molecule has 0 spiro atoms. The third kappa shape index (κ3) is 1.93. The van der Waals surface area contributed by atoms with Crippen molar-refractivity contribution in [2.24, 2.45) is 0 Å². The second-order valence-electron chi connectivity index (χ2n) is 4.34. The maximum Gasteiger partial charge on any atom is 0.263 e. The minimum Gasteiger partial charge on any atom is -0.393 e. The predicted molar refractivity (Wildman–Crippen MR) is 60.5 cm³/mol. The fourth-order valence-corrected chi connectivity index (χ4v) is 2.10. The van der Waals surface area contributed by atoms with E-state index in [1.54, 1.807) is 19.9 Å². The molecule has 0 bridgehead atoms. The van der Waals surface area contributed by atoms with Crippen LogP contribution in [0.2, 0.25) is 0 Å². The van der Waals surface area contributed by atoms with Crippen molar-refractivity contribution >= 4 is 11.8 Å². The Morgan fingerprint density at radius 3 is 2.53 bits per heavy atom. The Morgan fingerprint density at radius 2 is 1.94 bits per heavy atom. The molecular formula is C12H14N2O3. The lowest BCUT2D eigenvalue weighted by molar-refractivity contribution is 0.0546. The Morgan fingerprint density at radius 1 is 1.29 bits per heavy atom. The smallest absolute Gasteiger partial charge is 0.263 e. The van der Waals surface area contributed by atoms with E-state index in [0.29, 0.717) is 17.5 Å². The van der Waals surface area contributed by atoms with Gasteiger partial charge >= 0.3 is 0 Å². The predicted octanol–water partition coefficient (Wildman–Crippen LogP) is 0.837. The number of fused-ring (bicyclic) bond motifs is 1. The third-order valence-corrected chi connectivity index (χ3v) is 2.84. The summed E-state index contributed by atoms with van der Waals surface area (Å²) in [5, 5.41) is 9.31. The van der Waals surface area contributed by atoms with Crippen LogP contribution in [0.25, 0.3) is 0 Å². The van der Waals surface area contributed by atoms with Gasteiger partial charge in [-0.15, -0.1) is 0 Å². The van der Waals surface area contributed by atoms with Crippen LogP contribution in [0.1, 0.15) is 41.0 Å². The summed E-state index contributed by atoms with van der Waals surface area (Å²) >= 11 is 0. The average Bonchev–Trinajstić information content (AvgIpc) is 2.51. The first-order valence-corrected chi connectivity index (χ1v) is 5.52. The zero-order valence-electron chi connectivity index (χ0n) is 9.75. The van der Waals surface area contributed by atoms with Gasteiger partial charge in [0.15, 0.2) is 0 Å². The zero-order valence-corrected chi connectivity index (χ0v) is 9.75. The summed E-state index contributed by atoms with van der Waals surface area (Å²) in [6.07, 6.45) is 2.73. The maximum atomic E-state index is 12.0. The van der Waals surface area contributed by atoms with Gasteiger partial charge in [-0.2, -0.15) is 0 Å². The van der Waals surface area contributed by atoms with Crippen LogP contribution in [0.3, 0.4) is 0 Å². The quantitative estimate of drug-likeness (QED) is 0.787. The molecule has 2 rings (SSSR count). The number of hydrogen-bond acceptors (Lipinski definition) is 4. The molecule has 2 unspecified atom stereocenters. The Bertz CT molecular complexity index is 436. The molecule has 0 saturated heterocycles. The molecule has 2 atom stereocenters. The van der Waals surface area contributed by atoms with E-state index in [9.17, 15) is 14.7 Å². The van der Waals surface area contributed by atoms with Gasteiger partial charge in [0.1, 0.15) is 0 Å². The van der Waals surface area contributed by atoms with Gasteiger partial charge in [-0.3, -0.25) is 19.5 Å². The van der Waals surface area contributed by atoms with E-state index in [1.807, 2.05) is 0 Å². The summed E-state index contributed by atoms with van der Waals surface area (Å²) in [7, 11) is 0. The molecule has 2 heterocycles. The van der Waals surface area contributed by atoms with Crippen LogP contribution >= 0.6 is 0 Å². The van der Waals surface area contributed by atoms with Crippen LogP contribution in [-0.2, 0) is 0 Å². The molecule has 1 aliphatic rings. The van der Waals surface area contributed by atoms with Crippen LogP contribution in [0.15, 0.2) is 18.5 Å². The summed E-state index contributed by atoms with van der Waals surface area (Å²) in [4.78, 5) is 29.1. The first-order valence-electron chi connectivity index (χ1n) is 5.52. The second kappa shape index (κ2) is 4.25. The van der Waals surface area contributed by atoms with E-state index in [2.05, 4.69) is 4.98 Å². The van der Waals surface area contributed by atoms with Crippen molar-refractivity contribution in [3.05, 3.63) is 29.6 Å². The van der Waals surface area contributed by atoms with E-state index in [0.717, 1.165) is 0 Å². The minimum atomic E-state index is -0.549. The Hall–Kier alpha value is -1.75. The number of imide groups is 1. The number of aliphatic hydroxyl groups excluding tert-OH is 1. The lowest BCUT2D eigenvalue weighted by atomic mass is 10.1. The van der Waals surface area contributed by atoms with Crippen LogP contribution in [0.4, 0.5) is 0 Å². The topological polar surface area (TPSA) is 70.5 Å². The number of carbonyl (C=O) groups is 2. The molecule has 17 heavy (non-hydrogen) atoms. The number of carbonyl (C=O) groups excluding carboxylic acids is 2. The highest BCUT2D eigenvalue weighted by Crippen LogP contribution is 2.24. The van der Waals surface area contributed by atoms with Crippen molar-refractivity contribution in [1.29, 1.82) is 0 Å². The molecule has 1 aliphatic heterocycles. The molecule has 1 aromatic rings. The van der Waals surface area contributed by atoms with Gasteiger partial charge in [-0.25, -0.2) is 0 Å². The highest BCUT2D eigenvalue weighted by atomic mass is 16.3. The fraction of sp³-hybridized carbons (Fsp3) is 0.417. The third-order valence-electron chi connectivity index (χ3n) is 2.84. The van der Waals surface area contributed by atoms with Gasteiger partial charge in [0.25, 0.3) is 11.8 Å². The van der Waals surface area contributed by atoms with Crippen molar-refractivity contribution < 1.29 is 14.7 Å². The second-order valence-corrected chi connectivity index (χ2v) is 4.34. The van der Waals surface area contributed by atoms with Gasteiger partial charge < -0.3 is 5.11 Å². The van der Waals surface area contributed by atoms with E-state index < -0.39 is 6.10 Å². The number of amides is 2. The van der Waals surface area contributed by atoms with Crippen LogP contribution in [0, 0.1) is 0 Å². The van der Waals surface area contributed by atoms with Gasteiger partial charge in [0, 0.05) is 18.4 Å². The Kier molecular flexibility index (Phi) is 2.93. The molecular weight excluding hydrogens is 220 g/mol. The standard InChI is InChI=1S/C12H14N2O3/c1-7(5-8(2)15)14-11(16)9-3-4-13-6-10(9)12(14)17/h3-4,6-8,15H,5H2,1-2H3. The van der Waals surface area contributed by atoms with E-state index in [1.165, 1.54) is 17.3 Å². The molecule has 0 saturated carbocycles. The Balaban J connectivity index is 2.30. The molecule has 0 radical (unpaired) electrons. The zero-order chi connectivity index (χ0) is 12.6. The molecule has 5 heteroatoms. The lowest BCUT2D eigenvalue weighted by Crippen LogP contribution is -2.39. The van der Waals surface area contributed by atoms with Crippen LogP contribution < -0.4 is 0 Å². The van der Waals surface area contributed by atoms with Gasteiger partial charge in [-0.05, 0) is 26.3 Å². The van der Waals surface area contributed by atoms with Crippen molar-refractivity contribution in [1.82, 2.24) is 9.88 Å². The highest BCUT2D eigenvalue weighted by Gasteiger charge is 2.38. The number of pyridine rings is 1. The maximum absolute atomic E-state index is 12.0. The molecule has 5 nitrogen and oxygen atoms in total. The summed E-state index contributed by atoms with van der Waals surface area (Å²) in [6.45, 7) is 3.39. The van der Waals surface area contributed by atoms with Crippen molar-refractivity contribution in [2.75, 3.05) is 0 Å². The van der Waals surface area contributed by atoms with E-state index in [-0.39, 0.29) is 17.9 Å². The Labute approximate surface area is 99.1 Å².